The van der Waals surface area contributed by atoms with Gasteiger partial charge in [0.25, 0.3) is 0 Å². The van der Waals surface area contributed by atoms with E-state index in [0.717, 1.165) is 12.8 Å². The van der Waals surface area contributed by atoms with Crippen molar-refractivity contribution in [2.45, 2.75) is 26.7 Å². The minimum Gasteiger partial charge on any atom is -0.468 e. The van der Waals surface area contributed by atoms with E-state index < -0.39 is 0 Å². The molecule has 0 spiro atoms. The lowest BCUT2D eigenvalue weighted by molar-refractivity contribution is 0.0598. The second-order valence-corrected chi connectivity index (χ2v) is 3.57. The number of ether oxygens (including phenoxy) is 1. The first-order valence-electron chi connectivity index (χ1n) is 4.93. The summed E-state index contributed by atoms with van der Waals surface area (Å²) in [6.07, 6.45) is 5.23. The molecule has 1 aromatic rings. The van der Waals surface area contributed by atoms with Crippen LogP contribution in [0.2, 0.25) is 0 Å². The highest BCUT2D eigenvalue weighted by atomic mass is 16.5. The normalized spacial score (nSPS) is 9.80. The van der Waals surface area contributed by atoms with Gasteiger partial charge in [-0.2, -0.15) is 0 Å². The number of furan rings is 1. The van der Waals surface area contributed by atoms with Gasteiger partial charge in [0.1, 0.15) is 11.3 Å². The average molecular weight is 208 g/mol. The summed E-state index contributed by atoms with van der Waals surface area (Å²) in [5, 5.41) is 0. The van der Waals surface area contributed by atoms with Crippen molar-refractivity contribution in [2.24, 2.45) is 0 Å². The van der Waals surface area contributed by atoms with Crippen molar-refractivity contribution in [3.05, 3.63) is 35.3 Å². The summed E-state index contributed by atoms with van der Waals surface area (Å²) >= 11 is 0. The van der Waals surface area contributed by atoms with E-state index in [1.54, 1.807) is 6.07 Å². The van der Waals surface area contributed by atoms with Crippen LogP contribution in [0.15, 0.2) is 28.4 Å². The number of hydrogen-bond acceptors (Lipinski definition) is 3. The van der Waals surface area contributed by atoms with Crippen LogP contribution in [0.3, 0.4) is 0 Å². The van der Waals surface area contributed by atoms with Gasteiger partial charge in [-0.05, 0) is 26.3 Å². The first-order valence-corrected chi connectivity index (χ1v) is 4.93. The predicted octanol–water partition coefficient (Wildman–Crippen LogP) is 2.97. The molecule has 0 radical (unpaired) electrons. The third-order valence-electron chi connectivity index (χ3n) is 2.07. The van der Waals surface area contributed by atoms with Crippen LogP contribution in [0.1, 0.15) is 36.4 Å². The zero-order valence-corrected chi connectivity index (χ0v) is 9.37. The number of carbonyl (C=O) groups excluding carboxylic acids is 1. The molecule has 0 unspecified atom stereocenters. The quantitative estimate of drug-likeness (QED) is 0.564. The van der Waals surface area contributed by atoms with Gasteiger partial charge in [-0.15, -0.1) is 0 Å². The smallest absolute Gasteiger partial charge is 0.341 e. The van der Waals surface area contributed by atoms with E-state index >= 15 is 0 Å². The molecule has 0 N–H and O–H groups in total. The highest BCUT2D eigenvalue weighted by molar-refractivity contribution is 5.90. The van der Waals surface area contributed by atoms with Gasteiger partial charge in [0.05, 0.1) is 13.4 Å². The van der Waals surface area contributed by atoms with Gasteiger partial charge in [-0.1, -0.05) is 11.6 Å². The molecule has 1 rings (SSSR count). The summed E-state index contributed by atoms with van der Waals surface area (Å²) in [7, 11) is 1.37. The molecular formula is C12H16O3. The fraction of sp³-hybridized carbons (Fsp3) is 0.417. The second kappa shape index (κ2) is 5.39. The molecule has 1 aromatic heterocycles. The van der Waals surface area contributed by atoms with Crippen molar-refractivity contribution in [3.8, 4) is 0 Å². The average Bonchev–Trinajstić information content (AvgIpc) is 2.64. The molecule has 1 heterocycles. The van der Waals surface area contributed by atoms with Gasteiger partial charge >= 0.3 is 5.97 Å². The Kier molecular flexibility index (Phi) is 4.16. The van der Waals surface area contributed by atoms with Crippen LogP contribution in [0.4, 0.5) is 0 Å². The Morgan fingerprint density at radius 1 is 1.53 bits per heavy atom. The summed E-state index contributed by atoms with van der Waals surface area (Å²) in [6, 6.07) is 1.64. The number of aryl methyl sites for hydroxylation is 1. The van der Waals surface area contributed by atoms with E-state index in [1.807, 2.05) is 13.8 Å². The topological polar surface area (TPSA) is 39.4 Å². The van der Waals surface area contributed by atoms with Crippen molar-refractivity contribution in [1.82, 2.24) is 0 Å². The van der Waals surface area contributed by atoms with Crippen LogP contribution in [-0.4, -0.2) is 13.1 Å². The van der Waals surface area contributed by atoms with Crippen LogP contribution in [-0.2, 0) is 11.2 Å². The molecule has 0 aliphatic rings. The Morgan fingerprint density at radius 2 is 2.27 bits per heavy atom. The largest absolute Gasteiger partial charge is 0.468 e. The standard InChI is InChI=1S/C12H16O3/c1-9(2)5-4-6-11-10(7-8-15-11)12(13)14-3/h5,7-8H,4,6H2,1-3H3. The Hall–Kier alpha value is -1.51. The summed E-state index contributed by atoms with van der Waals surface area (Å²) in [5.41, 5.74) is 1.79. The number of carbonyl (C=O) groups is 1. The number of hydrogen-bond donors (Lipinski definition) is 0. The van der Waals surface area contributed by atoms with Crippen molar-refractivity contribution in [2.75, 3.05) is 7.11 Å². The molecule has 0 aromatic carbocycles. The van der Waals surface area contributed by atoms with E-state index in [9.17, 15) is 4.79 Å². The van der Waals surface area contributed by atoms with Crippen molar-refractivity contribution < 1.29 is 13.9 Å². The lowest BCUT2D eigenvalue weighted by atomic mass is 10.1. The molecule has 15 heavy (non-hydrogen) atoms. The van der Waals surface area contributed by atoms with Crippen LogP contribution >= 0.6 is 0 Å². The first kappa shape index (κ1) is 11.6. The SMILES string of the molecule is COC(=O)c1ccoc1CCC=C(C)C. The van der Waals surface area contributed by atoms with Gasteiger partial charge in [-0.25, -0.2) is 4.79 Å². The van der Waals surface area contributed by atoms with Crippen molar-refractivity contribution in [3.63, 3.8) is 0 Å². The third kappa shape index (κ3) is 3.27. The molecule has 0 amide bonds. The highest BCUT2D eigenvalue weighted by Crippen LogP contribution is 2.14. The maximum absolute atomic E-state index is 11.3. The second-order valence-electron chi connectivity index (χ2n) is 3.57. The Balaban J connectivity index is 2.65. The lowest BCUT2D eigenvalue weighted by Gasteiger charge is -1.99. The Morgan fingerprint density at radius 3 is 2.87 bits per heavy atom. The zero-order chi connectivity index (χ0) is 11.3. The number of allylic oxidation sites excluding steroid dienone is 2. The van der Waals surface area contributed by atoms with E-state index in [4.69, 9.17) is 4.42 Å². The molecule has 0 fully saturated rings. The Bertz CT molecular complexity index is 357. The third-order valence-corrected chi connectivity index (χ3v) is 2.07. The van der Waals surface area contributed by atoms with Gasteiger partial charge in [0.15, 0.2) is 0 Å². The van der Waals surface area contributed by atoms with Crippen LogP contribution in [0, 0.1) is 0 Å². The van der Waals surface area contributed by atoms with Gasteiger partial charge < -0.3 is 9.15 Å². The van der Waals surface area contributed by atoms with Gasteiger partial charge in [0.2, 0.25) is 0 Å². The lowest BCUT2D eigenvalue weighted by Crippen LogP contribution is -2.02. The molecular weight excluding hydrogens is 192 g/mol. The number of esters is 1. The molecule has 0 aliphatic carbocycles. The molecule has 82 valence electrons. The molecule has 0 aliphatic heterocycles. The van der Waals surface area contributed by atoms with Crippen LogP contribution < -0.4 is 0 Å². The maximum atomic E-state index is 11.3. The zero-order valence-electron chi connectivity index (χ0n) is 9.37. The molecule has 0 bridgehead atoms. The number of methoxy groups -OCH3 is 1. The van der Waals surface area contributed by atoms with E-state index in [-0.39, 0.29) is 5.97 Å². The Labute approximate surface area is 89.7 Å². The predicted molar refractivity (Wildman–Crippen MR) is 57.8 cm³/mol. The van der Waals surface area contributed by atoms with Crippen molar-refractivity contribution in [1.29, 1.82) is 0 Å². The minimum atomic E-state index is -0.337. The monoisotopic (exact) mass is 208 g/mol. The van der Waals surface area contributed by atoms with Crippen LogP contribution in [0.5, 0.6) is 0 Å². The molecule has 3 heteroatoms. The minimum absolute atomic E-state index is 0.337. The number of rotatable bonds is 4. The molecule has 0 atom stereocenters. The van der Waals surface area contributed by atoms with Crippen LogP contribution in [0.25, 0.3) is 0 Å². The molecule has 0 saturated carbocycles. The summed E-state index contributed by atoms with van der Waals surface area (Å²) in [5.74, 6) is 0.357. The fourth-order valence-electron chi connectivity index (χ4n) is 1.32. The van der Waals surface area contributed by atoms with E-state index in [1.165, 1.54) is 18.9 Å². The van der Waals surface area contributed by atoms with Gasteiger partial charge in [-0.3, -0.25) is 0 Å². The fourth-order valence-corrected chi connectivity index (χ4v) is 1.32. The summed E-state index contributed by atoms with van der Waals surface area (Å²) in [4.78, 5) is 11.3. The summed E-state index contributed by atoms with van der Waals surface area (Å²) < 4.78 is 9.89. The highest BCUT2D eigenvalue weighted by Gasteiger charge is 2.13. The van der Waals surface area contributed by atoms with Crippen molar-refractivity contribution >= 4 is 5.97 Å². The molecule has 3 nitrogen and oxygen atoms in total. The van der Waals surface area contributed by atoms with Gasteiger partial charge in [0, 0.05) is 6.42 Å². The first-order chi connectivity index (χ1) is 7.15. The summed E-state index contributed by atoms with van der Waals surface area (Å²) in [6.45, 7) is 4.09. The maximum Gasteiger partial charge on any atom is 0.341 e. The molecule has 0 saturated heterocycles. The van der Waals surface area contributed by atoms with E-state index in [2.05, 4.69) is 10.8 Å². The van der Waals surface area contributed by atoms with E-state index in [0.29, 0.717) is 11.3 Å².